The standard InChI is InChI=1S/C12H14O2S/c13-12(14)9-4-3-7-11(8-9)15-10-5-1-2-6-10/h3-4,7-8,10H,1-2,5-6H2,(H,13,14). The molecule has 0 radical (unpaired) electrons. The molecule has 80 valence electrons. The molecule has 0 atom stereocenters. The number of hydrogen-bond acceptors (Lipinski definition) is 2. The van der Waals surface area contributed by atoms with Crippen LogP contribution in [0.5, 0.6) is 0 Å². The fourth-order valence-electron chi connectivity index (χ4n) is 1.90. The van der Waals surface area contributed by atoms with Crippen molar-refractivity contribution in [2.45, 2.75) is 35.8 Å². The van der Waals surface area contributed by atoms with Gasteiger partial charge in [-0.3, -0.25) is 0 Å². The SMILES string of the molecule is O=C(O)c1cccc(SC2CCCC2)c1. The van der Waals surface area contributed by atoms with E-state index >= 15 is 0 Å². The van der Waals surface area contributed by atoms with Crippen LogP contribution in [0, 0.1) is 0 Å². The minimum atomic E-state index is -0.844. The summed E-state index contributed by atoms with van der Waals surface area (Å²) in [5.74, 6) is -0.844. The van der Waals surface area contributed by atoms with Gasteiger partial charge >= 0.3 is 5.97 Å². The van der Waals surface area contributed by atoms with Gasteiger partial charge in [0.25, 0.3) is 0 Å². The summed E-state index contributed by atoms with van der Waals surface area (Å²) in [7, 11) is 0. The molecule has 3 heteroatoms. The van der Waals surface area contributed by atoms with Crippen molar-refractivity contribution >= 4 is 17.7 Å². The van der Waals surface area contributed by atoms with E-state index < -0.39 is 5.97 Å². The molecule has 0 bridgehead atoms. The van der Waals surface area contributed by atoms with E-state index in [0.29, 0.717) is 10.8 Å². The Morgan fingerprint density at radius 2 is 2.07 bits per heavy atom. The lowest BCUT2D eigenvalue weighted by Crippen LogP contribution is -1.97. The molecule has 15 heavy (non-hydrogen) atoms. The van der Waals surface area contributed by atoms with E-state index in [0.717, 1.165) is 4.90 Å². The van der Waals surface area contributed by atoms with Gasteiger partial charge in [0, 0.05) is 10.1 Å². The van der Waals surface area contributed by atoms with Crippen molar-refractivity contribution < 1.29 is 9.90 Å². The first kappa shape index (κ1) is 10.6. The lowest BCUT2D eigenvalue weighted by molar-refractivity contribution is 0.0696. The van der Waals surface area contributed by atoms with Crippen molar-refractivity contribution in [1.82, 2.24) is 0 Å². The molecule has 1 aliphatic rings. The second-order valence-corrected chi connectivity index (χ2v) is 5.23. The second kappa shape index (κ2) is 4.71. The molecule has 1 fully saturated rings. The van der Waals surface area contributed by atoms with Crippen LogP contribution >= 0.6 is 11.8 Å². The molecule has 0 saturated heterocycles. The molecule has 1 N–H and O–H groups in total. The van der Waals surface area contributed by atoms with Crippen molar-refractivity contribution in [1.29, 1.82) is 0 Å². The highest BCUT2D eigenvalue weighted by molar-refractivity contribution is 8.00. The number of aromatic carboxylic acids is 1. The van der Waals surface area contributed by atoms with Crippen LogP contribution in [-0.4, -0.2) is 16.3 Å². The van der Waals surface area contributed by atoms with Crippen LogP contribution in [0.2, 0.25) is 0 Å². The number of thioether (sulfide) groups is 1. The highest BCUT2D eigenvalue weighted by atomic mass is 32.2. The molecule has 1 aliphatic carbocycles. The average Bonchev–Trinajstić information content (AvgIpc) is 2.71. The minimum absolute atomic E-state index is 0.387. The molecule has 0 unspecified atom stereocenters. The van der Waals surface area contributed by atoms with Crippen LogP contribution in [0.25, 0.3) is 0 Å². The van der Waals surface area contributed by atoms with Gasteiger partial charge in [0.15, 0.2) is 0 Å². The molecule has 0 aromatic heterocycles. The lowest BCUT2D eigenvalue weighted by atomic mass is 10.2. The summed E-state index contributed by atoms with van der Waals surface area (Å²) >= 11 is 1.82. The van der Waals surface area contributed by atoms with Crippen LogP contribution in [0.3, 0.4) is 0 Å². The van der Waals surface area contributed by atoms with E-state index in [9.17, 15) is 4.79 Å². The zero-order valence-corrected chi connectivity index (χ0v) is 9.30. The molecular weight excluding hydrogens is 208 g/mol. The average molecular weight is 222 g/mol. The number of hydrogen-bond donors (Lipinski definition) is 1. The maximum absolute atomic E-state index is 10.8. The first-order chi connectivity index (χ1) is 7.25. The number of carboxylic acid groups (broad SMARTS) is 1. The molecule has 0 heterocycles. The maximum Gasteiger partial charge on any atom is 0.335 e. The van der Waals surface area contributed by atoms with E-state index in [1.165, 1.54) is 25.7 Å². The van der Waals surface area contributed by atoms with Gasteiger partial charge < -0.3 is 5.11 Å². The molecule has 1 aromatic carbocycles. The third-order valence-corrected chi connectivity index (χ3v) is 4.02. The zero-order chi connectivity index (χ0) is 10.7. The van der Waals surface area contributed by atoms with E-state index in [-0.39, 0.29) is 0 Å². The van der Waals surface area contributed by atoms with Gasteiger partial charge in [-0.15, -0.1) is 11.8 Å². The van der Waals surface area contributed by atoms with Gasteiger partial charge in [-0.2, -0.15) is 0 Å². The monoisotopic (exact) mass is 222 g/mol. The maximum atomic E-state index is 10.8. The van der Waals surface area contributed by atoms with Crippen LogP contribution in [0.15, 0.2) is 29.2 Å². The van der Waals surface area contributed by atoms with E-state index in [4.69, 9.17) is 5.11 Å². The van der Waals surface area contributed by atoms with Crippen molar-refractivity contribution in [2.75, 3.05) is 0 Å². The van der Waals surface area contributed by atoms with Crippen molar-refractivity contribution in [3.05, 3.63) is 29.8 Å². The van der Waals surface area contributed by atoms with Gasteiger partial charge in [0.1, 0.15) is 0 Å². The first-order valence-electron chi connectivity index (χ1n) is 5.26. The summed E-state index contributed by atoms with van der Waals surface area (Å²) in [5.41, 5.74) is 0.387. The number of carbonyl (C=O) groups is 1. The molecule has 0 spiro atoms. The van der Waals surface area contributed by atoms with Gasteiger partial charge in [0.05, 0.1) is 5.56 Å². The van der Waals surface area contributed by atoms with Gasteiger partial charge in [-0.1, -0.05) is 18.9 Å². The zero-order valence-electron chi connectivity index (χ0n) is 8.48. The molecule has 2 nitrogen and oxygen atoms in total. The van der Waals surface area contributed by atoms with Gasteiger partial charge in [-0.25, -0.2) is 4.79 Å². The third kappa shape index (κ3) is 2.75. The second-order valence-electron chi connectivity index (χ2n) is 3.86. The summed E-state index contributed by atoms with van der Waals surface area (Å²) < 4.78 is 0. The van der Waals surface area contributed by atoms with Crippen molar-refractivity contribution in [3.63, 3.8) is 0 Å². The molecule has 2 rings (SSSR count). The molecule has 0 amide bonds. The molecule has 1 saturated carbocycles. The summed E-state index contributed by atoms with van der Waals surface area (Å²) in [4.78, 5) is 11.9. The lowest BCUT2D eigenvalue weighted by Gasteiger charge is -2.08. The van der Waals surface area contributed by atoms with Gasteiger partial charge in [0.2, 0.25) is 0 Å². The Hall–Kier alpha value is -0.960. The van der Waals surface area contributed by atoms with Crippen molar-refractivity contribution in [2.24, 2.45) is 0 Å². The van der Waals surface area contributed by atoms with Crippen LogP contribution in [-0.2, 0) is 0 Å². The number of carboxylic acids is 1. The largest absolute Gasteiger partial charge is 0.478 e. The number of rotatable bonds is 3. The summed E-state index contributed by atoms with van der Waals surface area (Å²) in [6.07, 6.45) is 5.16. The minimum Gasteiger partial charge on any atom is -0.478 e. The van der Waals surface area contributed by atoms with Gasteiger partial charge in [-0.05, 0) is 31.0 Å². The predicted molar refractivity (Wildman–Crippen MR) is 61.5 cm³/mol. The Labute approximate surface area is 93.7 Å². The topological polar surface area (TPSA) is 37.3 Å². The highest BCUT2D eigenvalue weighted by Crippen LogP contribution is 2.34. The summed E-state index contributed by atoms with van der Waals surface area (Å²) in [5, 5.41) is 9.55. The summed E-state index contributed by atoms with van der Waals surface area (Å²) in [6.45, 7) is 0. The third-order valence-electron chi connectivity index (χ3n) is 2.69. The normalized spacial score (nSPS) is 16.8. The summed E-state index contributed by atoms with van der Waals surface area (Å²) in [6, 6.07) is 7.22. The van der Waals surface area contributed by atoms with Crippen LogP contribution in [0.1, 0.15) is 36.0 Å². The Bertz CT molecular complexity index is 356. The first-order valence-corrected chi connectivity index (χ1v) is 6.14. The van der Waals surface area contributed by atoms with E-state index in [1.807, 2.05) is 23.9 Å². The Kier molecular flexibility index (Phi) is 3.31. The van der Waals surface area contributed by atoms with Crippen molar-refractivity contribution in [3.8, 4) is 0 Å². The highest BCUT2D eigenvalue weighted by Gasteiger charge is 2.16. The van der Waals surface area contributed by atoms with E-state index in [2.05, 4.69) is 0 Å². The quantitative estimate of drug-likeness (QED) is 0.851. The van der Waals surface area contributed by atoms with E-state index in [1.54, 1.807) is 12.1 Å². The Balaban J connectivity index is 2.07. The Morgan fingerprint density at radius 1 is 1.33 bits per heavy atom. The fourth-order valence-corrected chi connectivity index (χ4v) is 3.21. The van der Waals surface area contributed by atoms with Crippen LogP contribution < -0.4 is 0 Å². The van der Waals surface area contributed by atoms with Crippen LogP contribution in [0.4, 0.5) is 0 Å². The smallest absolute Gasteiger partial charge is 0.335 e. The molecular formula is C12H14O2S. The predicted octanol–water partition coefficient (Wildman–Crippen LogP) is 3.42. The number of benzene rings is 1. The Morgan fingerprint density at radius 3 is 2.73 bits per heavy atom. The molecule has 1 aromatic rings. The fraction of sp³-hybridized carbons (Fsp3) is 0.417. The molecule has 0 aliphatic heterocycles.